The first-order valence-electron chi connectivity index (χ1n) is 8.76. The van der Waals surface area contributed by atoms with E-state index in [9.17, 15) is 4.79 Å². The maximum atomic E-state index is 12.2. The van der Waals surface area contributed by atoms with Crippen LogP contribution >= 0.6 is 23.2 Å². The zero-order valence-corrected chi connectivity index (χ0v) is 16.4. The quantitative estimate of drug-likeness (QED) is 0.468. The number of ether oxygens (including phenoxy) is 2. The highest BCUT2D eigenvalue weighted by molar-refractivity contribution is 6.35. The lowest BCUT2D eigenvalue weighted by molar-refractivity contribution is -0.151. The molecular weight excluding hydrogens is 359 g/mol. The SMILES string of the molecule is C[C@H](Oc1ccc(Cl)cc1Cl)C(=O)OCCC1=CC[C@@H]2C[C@@H]1C2(C)C. The normalized spacial score (nSPS) is 24.8. The average Bonchev–Trinajstić information content (AvgIpc) is 2.57. The van der Waals surface area contributed by atoms with Crippen molar-refractivity contribution in [2.45, 2.75) is 46.1 Å². The van der Waals surface area contributed by atoms with Gasteiger partial charge in [0.25, 0.3) is 0 Å². The molecule has 0 saturated heterocycles. The van der Waals surface area contributed by atoms with Crippen molar-refractivity contribution in [2.24, 2.45) is 17.3 Å². The molecule has 3 aliphatic rings. The Balaban J connectivity index is 1.47. The third-order valence-corrected chi connectivity index (χ3v) is 6.28. The van der Waals surface area contributed by atoms with Gasteiger partial charge in [0.1, 0.15) is 5.75 Å². The number of allylic oxidation sites excluding steroid dienone is 1. The standard InChI is InChI=1S/C20H24Cl2O3/c1-12(25-18-7-6-15(21)11-17(18)22)19(23)24-9-8-13-4-5-14-10-16(13)20(14,2)3/h4,6-7,11-12,14,16H,5,8-10H2,1-3H3/t12-,14+,16-/m0/s1. The first kappa shape index (κ1) is 18.6. The molecule has 2 bridgehead atoms. The van der Waals surface area contributed by atoms with Crippen molar-refractivity contribution in [3.63, 3.8) is 0 Å². The lowest BCUT2D eigenvalue weighted by Gasteiger charge is -2.56. The van der Waals surface area contributed by atoms with E-state index >= 15 is 0 Å². The highest BCUT2D eigenvalue weighted by Gasteiger charge is 2.50. The Bertz CT molecular complexity index is 696. The summed E-state index contributed by atoms with van der Waals surface area (Å²) in [5.41, 5.74) is 1.84. The lowest BCUT2D eigenvalue weighted by atomic mass is 9.48. The highest BCUT2D eigenvalue weighted by Crippen LogP contribution is 2.59. The molecule has 1 aromatic carbocycles. The molecule has 25 heavy (non-hydrogen) atoms. The van der Waals surface area contributed by atoms with Crippen LogP contribution < -0.4 is 4.74 Å². The predicted molar refractivity (Wildman–Crippen MR) is 100 cm³/mol. The van der Waals surface area contributed by atoms with Gasteiger partial charge in [0.2, 0.25) is 0 Å². The molecule has 1 aromatic rings. The molecule has 3 nitrogen and oxygen atoms in total. The van der Waals surface area contributed by atoms with E-state index in [1.54, 1.807) is 25.1 Å². The number of hydrogen-bond acceptors (Lipinski definition) is 3. The molecule has 3 aliphatic carbocycles. The third-order valence-electron chi connectivity index (χ3n) is 5.75. The zero-order chi connectivity index (χ0) is 18.2. The summed E-state index contributed by atoms with van der Waals surface area (Å²) in [7, 11) is 0. The third kappa shape index (κ3) is 3.83. The fraction of sp³-hybridized carbons (Fsp3) is 0.550. The smallest absolute Gasteiger partial charge is 0.347 e. The van der Waals surface area contributed by atoms with E-state index < -0.39 is 6.10 Å². The van der Waals surface area contributed by atoms with Gasteiger partial charge in [0.15, 0.2) is 6.10 Å². The highest BCUT2D eigenvalue weighted by atomic mass is 35.5. The maximum absolute atomic E-state index is 12.2. The maximum Gasteiger partial charge on any atom is 0.347 e. The van der Waals surface area contributed by atoms with E-state index in [4.69, 9.17) is 32.7 Å². The first-order chi connectivity index (χ1) is 11.8. The monoisotopic (exact) mass is 382 g/mol. The van der Waals surface area contributed by atoms with E-state index in [1.807, 2.05) is 0 Å². The Morgan fingerprint density at radius 2 is 2.12 bits per heavy atom. The van der Waals surface area contributed by atoms with Crippen molar-refractivity contribution in [1.29, 1.82) is 0 Å². The van der Waals surface area contributed by atoms with Crippen LogP contribution in [0.25, 0.3) is 0 Å². The Morgan fingerprint density at radius 1 is 1.36 bits per heavy atom. The topological polar surface area (TPSA) is 35.5 Å². The first-order valence-corrected chi connectivity index (χ1v) is 9.52. The molecule has 0 amide bonds. The summed E-state index contributed by atoms with van der Waals surface area (Å²) in [4.78, 5) is 12.2. The number of rotatable bonds is 6. The van der Waals surface area contributed by atoms with Crippen molar-refractivity contribution in [3.05, 3.63) is 39.9 Å². The van der Waals surface area contributed by atoms with Gasteiger partial charge in [-0.1, -0.05) is 48.7 Å². The van der Waals surface area contributed by atoms with E-state index in [1.165, 1.54) is 12.0 Å². The number of esters is 1. The van der Waals surface area contributed by atoms with Crippen molar-refractivity contribution in [1.82, 2.24) is 0 Å². The minimum absolute atomic E-state index is 0.376. The minimum Gasteiger partial charge on any atom is -0.477 e. The molecule has 0 unspecified atom stereocenters. The summed E-state index contributed by atoms with van der Waals surface area (Å²) in [6.07, 6.45) is 4.86. The summed E-state index contributed by atoms with van der Waals surface area (Å²) < 4.78 is 11.0. The van der Waals surface area contributed by atoms with Gasteiger partial charge in [0.05, 0.1) is 11.6 Å². The van der Waals surface area contributed by atoms with Gasteiger partial charge in [-0.15, -0.1) is 0 Å². The second kappa shape index (κ2) is 7.20. The van der Waals surface area contributed by atoms with Crippen LogP contribution in [0.2, 0.25) is 10.0 Å². The van der Waals surface area contributed by atoms with E-state index in [0.29, 0.717) is 33.7 Å². The van der Waals surface area contributed by atoms with Crippen molar-refractivity contribution < 1.29 is 14.3 Å². The predicted octanol–water partition coefficient (Wildman–Crippen LogP) is 5.69. The second-order valence-corrected chi connectivity index (χ2v) is 8.42. The molecule has 3 atom stereocenters. The molecule has 0 heterocycles. The molecule has 0 radical (unpaired) electrons. The fourth-order valence-electron chi connectivity index (χ4n) is 3.95. The Kier molecular flexibility index (Phi) is 5.36. The molecule has 136 valence electrons. The van der Waals surface area contributed by atoms with Gasteiger partial charge < -0.3 is 9.47 Å². The molecule has 5 heteroatoms. The van der Waals surface area contributed by atoms with Crippen LogP contribution in [0, 0.1) is 17.3 Å². The summed E-state index contributed by atoms with van der Waals surface area (Å²) >= 11 is 11.9. The van der Waals surface area contributed by atoms with Crippen LogP contribution in [0.1, 0.15) is 40.0 Å². The Morgan fingerprint density at radius 3 is 2.76 bits per heavy atom. The van der Waals surface area contributed by atoms with Crippen molar-refractivity contribution in [2.75, 3.05) is 6.61 Å². The van der Waals surface area contributed by atoms with Gasteiger partial charge in [-0.3, -0.25) is 0 Å². The molecule has 1 fully saturated rings. The van der Waals surface area contributed by atoms with Gasteiger partial charge >= 0.3 is 5.97 Å². The van der Waals surface area contributed by atoms with Crippen LogP contribution in [0.3, 0.4) is 0 Å². The molecule has 1 saturated carbocycles. The number of fused-ring (bicyclic) bond motifs is 1. The number of hydrogen-bond donors (Lipinski definition) is 0. The fourth-order valence-corrected chi connectivity index (χ4v) is 4.41. The van der Waals surface area contributed by atoms with Crippen LogP contribution in [-0.4, -0.2) is 18.7 Å². The molecular formula is C20H24Cl2O3. The van der Waals surface area contributed by atoms with Crippen molar-refractivity contribution >= 4 is 29.2 Å². The van der Waals surface area contributed by atoms with Gasteiger partial charge in [0, 0.05) is 11.4 Å². The van der Waals surface area contributed by atoms with Crippen LogP contribution in [0.15, 0.2) is 29.8 Å². The summed E-state index contributed by atoms with van der Waals surface area (Å²) in [6, 6.07) is 4.90. The van der Waals surface area contributed by atoms with Crippen LogP contribution in [-0.2, 0) is 9.53 Å². The number of carbonyl (C=O) groups excluding carboxylic acids is 1. The molecule has 0 aliphatic heterocycles. The summed E-state index contributed by atoms with van der Waals surface area (Å²) in [5.74, 6) is 1.51. The van der Waals surface area contributed by atoms with Crippen LogP contribution in [0.5, 0.6) is 5.75 Å². The largest absolute Gasteiger partial charge is 0.477 e. The Labute approximate surface area is 159 Å². The van der Waals surface area contributed by atoms with E-state index in [0.717, 1.165) is 18.8 Å². The average molecular weight is 383 g/mol. The molecule has 0 N–H and O–H groups in total. The second-order valence-electron chi connectivity index (χ2n) is 7.57. The zero-order valence-electron chi connectivity index (χ0n) is 14.9. The summed E-state index contributed by atoms with van der Waals surface area (Å²) in [6.45, 7) is 6.74. The number of halogens is 2. The van der Waals surface area contributed by atoms with E-state index in [2.05, 4.69) is 19.9 Å². The lowest BCUT2D eigenvalue weighted by Crippen LogP contribution is -2.48. The van der Waals surface area contributed by atoms with Gasteiger partial charge in [-0.05, 0) is 55.2 Å². The van der Waals surface area contributed by atoms with E-state index in [-0.39, 0.29) is 5.97 Å². The van der Waals surface area contributed by atoms with Gasteiger partial charge in [-0.25, -0.2) is 4.79 Å². The molecule has 0 spiro atoms. The number of carbonyl (C=O) groups is 1. The molecule has 4 rings (SSSR count). The Hall–Kier alpha value is -1.19. The number of benzene rings is 1. The molecule has 0 aromatic heterocycles. The van der Waals surface area contributed by atoms with Gasteiger partial charge in [-0.2, -0.15) is 0 Å². The van der Waals surface area contributed by atoms with Crippen LogP contribution in [0.4, 0.5) is 0 Å². The minimum atomic E-state index is -0.719. The summed E-state index contributed by atoms with van der Waals surface area (Å²) in [5, 5.41) is 0.899. The van der Waals surface area contributed by atoms with Crippen molar-refractivity contribution in [3.8, 4) is 5.75 Å².